The van der Waals surface area contributed by atoms with Crippen molar-refractivity contribution in [1.82, 2.24) is 10.3 Å². The van der Waals surface area contributed by atoms with Crippen LogP contribution in [-0.2, 0) is 0 Å². The predicted molar refractivity (Wildman–Crippen MR) is 81.1 cm³/mol. The van der Waals surface area contributed by atoms with E-state index in [1.807, 2.05) is 18.2 Å². The van der Waals surface area contributed by atoms with Gasteiger partial charge in [0.15, 0.2) is 0 Å². The largest absolute Gasteiger partial charge is 0.310 e. The molecule has 1 unspecified atom stereocenters. The van der Waals surface area contributed by atoms with Gasteiger partial charge in [0.05, 0.1) is 5.56 Å². The molecule has 1 aromatic heterocycles. The monoisotopic (exact) mass is 265 g/mol. The maximum atomic E-state index is 8.95. The molecule has 0 saturated heterocycles. The lowest BCUT2D eigenvalue weighted by atomic mass is 10.0. The number of nitrogens with one attached hydrogen (secondary N) is 1. The average Bonchev–Trinajstić information content (AvgIpc) is 2.52. The smallest absolute Gasteiger partial charge is 0.101 e. The third-order valence-corrected chi connectivity index (χ3v) is 3.29. The number of nitriles is 1. The highest BCUT2D eigenvalue weighted by Crippen LogP contribution is 2.23. The number of nitrogens with zero attached hydrogens (tertiary/aromatic N) is 2. The lowest BCUT2D eigenvalue weighted by molar-refractivity contribution is 0.571. The summed E-state index contributed by atoms with van der Waals surface area (Å²) in [6.45, 7) is 5.34. The lowest BCUT2D eigenvalue weighted by Gasteiger charge is -2.14. The molecule has 0 aliphatic heterocycles. The molecule has 2 rings (SSSR count). The van der Waals surface area contributed by atoms with Crippen LogP contribution in [-0.4, -0.2) is 11.5 Å². The average molecular weight is 265 g/mol. The third-order valence-electron chi connectivity index (χ3n) is 3.29. The summed E-state index contributed by atoms with van der Waals surface area (Å²) in [7, 11) is 0. The molecule has 0 bridgehead atoms. The Kier molecular flexibility index (Phi) is 4.86. The lowest BCUT2D eigenvalue weighted by Crippen LogP contribution is -2.19. The molecule has 0 aliphatic rings. The molecule has 0 saturated carbocycles. The number of benzene rings is 1. The first kappa shape index (κ1) is 14.2. The number of hydrogen-bond acceptors (Lipinski definition) is 3. The van der Waals surface area contributed by atoms with Gasteiger partial charge in [0, 0.05) is 24.0 Å². The minimum Gasteiger partial charge on any atom is -0.310 e. The minimum absolute atomic E-state index is 0.321. The molecular weight excluding hydrogens is 246 g/mol. The van der Waals surface area contributed by atoms with Gasteiger partial charge in [-0.2, -0.15) is 5.26 Å². The second-order valence-corrected chi connectivity index (χ2v) is 4.88. The van der Waals surface area contributed by atoms with E-state index in [2.05, 4.69) is 42.4 Å². The van der Waals surface area contributed by atoms with Crippen molar-refractivity contribution in [2.24, 2.45) is 0 Å². The fourth-order valence-corrected chi connectivity index (χ4v) is 2.13. The molecule has 1 N–H and O–H groups in total. The normalized spacial score (nSPS) is 11.8. The molecule has 0 aliphatic carbocycles. The molecule has 0 radical (unpaired) electrons. The summed E-state index contributed by atoms with van der Waals surface area (Å²) < 4.78 is 0. The van der Waals surface area contributed by atoms with Crippen molar-refractivity contribution in [3.05, 3.63) is 53.9 Å². The van der Waals surface area contributed by atoms with Crippen molar-refractivity contribution >= 4 is 0 Å². The highest BCUT2D eigenvalue weighted by atomic mass is 14.9. The van der Waals surface area contributed by atoms with Crippen molar-refractivity contribution in [3.63, 3.8) is 0 Å². The molecule has 3 heteroatoms. The van der Waals surface area contributed by atoms with E-state index >= 15 is 0 Å². The van der Waals surface area contributed by atoms with Crippen molar-refractivity contribution in [3.8, 4) is 17.2 Å². The first-order valence-electron chi connectivity index (χ1n) is 6.93. The van der Waals surface area contributed by atoms with Gasteiger partial charge in [0.2, 0.25) is 0 Å². The van der Waals surface area contributed by atoms with Crippen LogP contribution in [0.1, 0.15) is 37.4 Å². The van der Waals surface area contributed by atoms with Gasteiger partial charge >= 0.3 is 0 Å². The standard InChI is InChI=1S/C17H19N3/c1-3-7-20-13(2)15-5-4-6-16(9-15)17-8-14(10-18)11-19-12-17/h4-6,8-9,11-13,20H,3,7H2,1-2H3. The van der Waals surface area contributed by atoms with Crippen molar-refractivity contribution in [2.75, 3.05) is 6.54 Å². The summed E-state index contributed by atoms with van der Waals surface area (Å²) in [5.41, 5.74) is 3.91. The second-order valence-electron chi connectivity index (χ2n) is 4.88. The highest BCUT2D eigenvalue weighted by molar-refractivity contribution is 5.64. The molecule has 1 atom stereocenters. The van der Waals surface area contributed by atoms with Gasteiger partial charge in [-0.3, -0.25) is 4.98 Å². The summed E-state index contributed by atoms with van der Waals surface area (Å²) >= 11 is 0. The zero-order valence-electron chi connectivity index (χ0n) is 11.9. The van der Waals surface area contributed by atoms with E-state index in [1.165, 1.54) is 5.56 Å². The molecule has 0 spiro atoms. The number of pyridine rings is 1. The topological polar surface area (TPSA) is 48.7 Å². The highest BCUT2D eigenvalue weighted by Gasteiger charge is 2.06. The van der Waals surface area contributed by atoms with Crippen molar-refractivity contribution in [1.29, 1.82) is 5.26 Å². The Morgan fingerprint density at radius 2 is 2.10 bits per heavy atom. The van der Waals surface area contributed by atoms with Crippen molar-refractivity contribution in [2.45, 2.75) is 26.3 Å². The van der Waals surface area contributed by atoms with Crippen LogP contribution in [0, 0.1) is 11.3 Å². The summed E-state index contributed by atoms with van der Waals surface area (Å²) in [6.07, 6.45) is 4.50. The van der Waals surface area contributed by atoms with Crippen molar-refractivity contribution < 1.29 is 0 Å². The number of aromatic nitrogens is 1. The molecule has 0 amide bonds. The predicted octanol–water partition coefficient (Wildman–Crippen LogP) is 3.68. The Bertz CT molecular complexity index is 614. The summed E-state index contributed by atoms with van der Waals surface area (Å²) in [5.74, 6) is 0. The Labute approximate surface area is 120 Å². The summed E-state index contributed by atoms with van der Waals surface area (Å²) in [5, 5.41) is 12.4. The Balaban J connectivity index is 2.27. The molecule has 20 heavy (non-hydrogen) atoms. The molecule has 3 nitrogen and oxygen atoms in total. The number of rotatable bonds is 5. The van der Waals surface area contributed by atoms with Gasteiger partial charge in [-0.25, -0.2) is 0 Å². The van der Waals surface area contributed by atoms with E-state index < -0.39 is 0 Å². The van der Waals surface area contributed by atoms with Crippen LogP contribution >= 0.6 is 0 Å². The van der Waals surface area contributed by atoms with E-state index in [0.717, 1.165) is 24.1 Å². The van der Waals surface area contributed by atoms with Gasteiger partial charge < -0.3 is 5.32 Å². The molecule has 102 valence electrons. The van der Waals surface area contributed by atoms with Crippen LogP contribution < -0.4 is 5.32 Å². The van der Waals surface area contributed by atoms with Gasteiger partial charge in [0.1, 0.15) is 6.07 Å². The van der Waals surface area contributed by atoms with Crippen LogP contribution in [0.5, 0.6) is 0 Å². The van der Waals surface area contributed by atoms with Crippen LogP contribution in [0.2, 0.25) is 0 Å². The Hall–Kier alpha value is -2.18. The maximum Gasteiger partial charge on any atom is 0.101 e. The third kappa shape index (κ3) is 3.43. The Morgan fingerprint density at radius 1 is 1.25 bits per heavy atom. The fourth-order valence-electron chi connectivity index (χ4n) is 2.13. The first-order valence-corrected chi connectivity index (χ1v) is 6.93. The van der Waals surface area contributed by atoms with Gasteiger partial charge in [-0.1, -0.05) is 25.1 Å². The molecule has 1 aromatic carbocycles. The van der Waals surface area contributed by atoms with Gasteiger partial charge in [0.25, 0.3) is 0 Å². The SMILES string of the molecule is CCCNC(C)c1cccc(-c2cncc(C#N)c2)c1. The van der Waals surface area contributed by atoms with Crippen LogP contribution in [0.4, 0.5) is 0 Å². The van der Waals surface area contributed by atoms with Crippen LogP contribution in [0.15, 0.2) is 42.7 Å². The first-order chi connectivity index (χ1) is 9.74. The number of hydrogen-bond donors (Lipinski definition) is 1. The van der Waals surface area contributed by atoms with E-state index in [0.29, 0.717) is 11.6 Å². The van der Waals surface area contributed by atoms with Gasteiger partial charge in [-0.05, 0) is 43.1 Å². The van der Waals surface area contributed by atoms with Crippen LogP contribution in [0.3, 0.4) is 0 Å². The zero-order chi connectivity index (χ0) is 14.4. The van der Waals surface area contributed by atoms with E-state index in [1.54, 1.807) is 12.4 Å². The zero-order valence-corrected chi connectivity index (χ0v) is 11.9. The maximum absolute atomic E-state index is 8.95. The molecule has 2 aromatic rings. The van der Waals surface area contributed by atoms with E-state index in [9.17, 15) is 0 Å². The fraction of sp³-hybridized carbons (Fsp3) is 0.294. The second kappa shape index (κ2) is 6.83. The van der Waals surface area contributed by atoms with E-state index in [-0.39, 0.29) is 0 Å². The quantitative estimate of drug-likeness (QED) is 0.897. The summed E-state index contributed by atoms with van der Waals surface area (Å²) in [4.78, 5) is 4.12. The molecular formula is C17H19N3. The molecule has 1 heterocycles. The van der Waals surface area contributed by atoms with Gasteiger partial charge in [-0.15, -0.1) is 0 Å². The van der Waals surface area contributed by atoms with Crippen LogP contribution in [0.25, 0.3) is 11.1 Å². The van der Waals surface area contributed by atoms with E-state index in [4.69, 9.17) is 5.26 Å². The minimum atomic E-state index is 0.321. The molecule has 0 fully saturated rings. The summed E-state index contributed by atoms with van der Waals surface area (Å²) in [6, 6.07) is 12.7. The Morgan fingerprint density at radius 3 is 2.85 bits per heavy atom.